The van der Waals surface area contributed by atoms with Crippen molar-refractivity contribution < 1.29 is 4.74 Å². The van der Waals surface area contributed by atoms with E-state index < -0.39 is 0 Å². The maximum absolute atomic E-state index is 6.40. The molecule has 100 valence electrons. The van der Waals surface area contributed by atoms with Crippen LogP contribution in [0.5, 0.6) is 5.75 Å². The van der Waals surface area contributed by atoms with Crippen LogP contribution in [0, 0.1) is 13.8 Å². The highest BCUT2D eigenvalue weighted by molar-refractivity contribution is 6.32. The molecule has 1 aliphatic heterocycles. The van der Waals surface area contributed by atoms with Crippen LogP contribution in [0.4, 0.5) is 0 Å². The van der Waals surface area contributed by atoms with Crippen molar-refractivity contribution in [3.05, 3.63) is 27.8 Å². The minimum absolute atomic E-state index is 0.0689. The van der Waals surface area contributed by atoms with Crippen LogP contribution in [0.2, 0.25) is 5.02 Å². The van der Waals surface area contributed by atoms with E-state index in [-0.39, 0.29) is 6.04 Å². The van der Waals surface area contributed by atoms with Gasteiger partial charge in [0.1, 0.15) is 5.75 Å². The van der Waals surface area contributed by atoms with Crippen molar-refractivity contribution in [2.75, 3.05) is 13.7 Å². The van der Waals surface area contributed by atoms with E-state index in [1.807, 2.05) is 19.9 Å². The number of benzene rings is 1. The van der Waals surface area contributed by atoms with Gasteiger partial charge < -0.3 is 15.8 Å². The van der Waals surface area contributed by atoms with E-state index in [0.717, 1.165) is 40.4 Å². The molecular weight excluding hydrogens is 248 g/mol. The van der Waals surface area contributed by atoms with Crippen LogP contribution in [0.15, 0.2) is 6.07 Å². The van der Waals surface area contributed by atoms with Crippen molar-refractivity contribution in [1.29, 1.82) is 0 Å². The Labute approximate surface area is 114 Å². The van der Waals surface area contributed by atoms with E-state index in [0.29, 0.717) is 6.04 Å². The van der Waals surface area contributed by atoms with Gasteiger partial charge in [-0.3, -0.25) is 0 Å². The zero-order valence-corrected chi connectivity index (χ0v) is 12.0. The predicted octanol–water partition coefficient (Wildman–Crippen LogP) is 2.72. The lowest BCUT2D eigenvalue weighted by atomic mass is 9.93. The highest BCUT2D eigenvalue weighted by Gasteiger charge is 2.27. The van der Waals surface area contributed by atoms with Gasteiger partial charge in [-0.05, 0) is 50.4 Å². The number of hydrogen-bond acceptors (Lipinski definition) is 3. The molecule has 18 heavy (non-hydrogen) atoms. The summed E-state index contributed by atoms with van der Waals surface area (Å²) in [6.07, 6.45) is 2.29. The zero-order valence-electron chi connectivity index (χ0n) is 11.2. The number of halogens is 1. The first-order valence-electron chi connectivity index (χ1n) is 6.38. The molecule has 0 aliphatic carbocycles. The molecule has 1 aromatic rings. The molecule has 1 aromatic carbocycles. The van der Waals surface area contributed by atoms with E-state index in [1.165, 1.54) is 6.42 Å². The van der Waals surface area contributed by atoms with Crippen LogP contribution in [0.1, 0.15) is 35.6 Å². The van der Waals surface area contributed by atoms with Gasteiger partial charge >= 0.3 is 0 Å². The van der Waals surface area contributed by atoms with E-state index in [4.69, 9.17) is 22.1 Å². The van der Waals surface area contributed by atoms with Crippen LogP contribution >= 0.6 is 11.6 Å². The lowest BCUT2D eigenvalue weighted by Gasteiger charge is -2.25. The van der Waals surface area contributed by atoms with Crippen molar-refractivity contribution in [2.24, 2.45) is 5.73 Å². The first kappa shape index (κ1) is 13.7. The molecule has 1 saturated heterocycles. The van der Waals surface area contributed by atoms with E-state index >= 15 is 0 Å². The van der Waals surface area contributed by atoms with Gasteiger partial charge in [-0.15, -0.1) is 0 Å². The van der Waals surface area contributed by atoms with Crippen molar-refractivity contribution in [3.8, 4) is 5.75 Å². The lowest BCUT2D eigenvalue weighted by molar-refractivity contribution is 0.395. The maximum atomic E-state index is 6.40. The molecule has 2 rings (SSSR count). The monoisotopic (exact) mass is 268 g/mol. The summed E-state index contributed by atoms with van der Waals surface area (Å²) in [5, 5.41) is 4.23. The summed E-state index contributed by atoms with van der Waals surface area (Å²) in [4.78, 5) is 0. The Hall–Kier alpha value is -0.770. The molecule has 2 atom stereocenters. The SMILES string of the molecule is COc1cc(C)c(Cl)c(C)c1C(N)C1CCCN1. The zero-order chi connectivity index (χ0) is 13.3. The Morgan fingerprint density at radius 1 is 1.50 bits per heavy atom. The molecule has 0 bridgehead atoms. The molecule has 0 spiro atoms. The van der Waals surface area contributed by atoms with Crippen molar-refractivity contribution >= 4 is 11.6 Å². The van der Waals surface area contributed by atoms with Gasteiger partial charge in [0.2, 0.25) is 0 Å². The van der Waals surface area contributed by atoms with Crippen LogP contribution in [0.3, 0.4) is 0 Å². The summed E-state index contributed by atoms with van der Waals surface area (Å²) >= 11 is 6.33. The summed E-state index contributed by atoms with van der Waals surface area (Å²) in [6, 6.07) is 2.22. The largest absolute Gasteiger partial charge is 0.496 e. The summed E-state index contributed by atoms with van der Waals surface area (Å²) in [6.45, 7) is 5.04. The Morgan fingerprint density at radius 3 is 2.78 bits per heavy atom. The maximum Gasteiger partial charge on any atom is 0.124 e. The van der Waals surface area contributed by atoms with E-state index in [9.17, 15) is 0 Å². The second kappa shape index (κ2) is 5.47. The molecule has 2 unspecified atom stereocenters. The topological polar surface area (TPSA) is 47.3 Å². The molecule has 0 amide bonds. The number of hydrogen-bond donors (Lipinski definition) is 2. The third-order valence-corrected chi connectivity index (χ3v) is 4.36. The van der Waals surface area contributed by atoms with Crippen molar-refractivity contribution in [3.63, 3.8) is 0 Å². The molecular formula is C14H21ClN2O. The summed E-state index contributed by atoms with van der Waals surface area (Å²) < 4.78 is 5.48. The number of ether oxygens (including phenoxy) is 1. The highest BCUT2D eigenvalue weighted by Crippen LogP contribution is 2.37. The Kier molecular flexibility index (Phi) is 4.15. The average Bonchev–Trinajstić information content (AvgIpc) is 2.88. The van der Waals surface area contributed by atoms with Gasteiger partial charge in [0.25, 0.3) is 0 Å². The molecule has 3 N–H and O–H groups in total. The fourth-order valence-electron chi connectivity index (χ4n) is 2.74. The normalized spacial score (nSPS) is 21.1. The van der Waals surface area contributed by atoms with E-state index in [1.54, 1.807) is 7.11 Å². The summed E-state index contributed by atoms with van der Waals surface area (Å²) in [5.41, 5.74) is 9.50. The molecule has 1 aliphatic rings. The van der Waals surface area contributed by atoms with Crippen LogP contribution in [0.25, 0.3) is 0 Å². The van der Waals surface area contributed by atoms with Gasteiger partial charge in [0.15, 0.2) is 0 Å². The van der Waals surface area contributed by atoms with Crippen LogP contribution in [-0.4, -0.2) is 19.7 Å². The first-order valence-corrected chi connectivity index (χ1v) is 6.76. The molecule has 1 heterocycles. The molecule has 0 aromatic heterocycles. The van der Waals surface area contributed by atoms with Gasteiger partial charge in [-0.1, -0.05) is 11.6 Å². The number of aryl methyl sites for hydroxylation is 1. The van der Waals surface area contributed by atoms with Gasteiger partial charge in [0.05, 0.1) is 7.11 Å². The number of nitrogens with two attached hydrogens (primary N) is 1. The molecule has 0 saturated carbocycles. The molecule has 0 radical (unpaired) electrons. The number of methoxy groups -OCH3 is 1. The van der Waals surface area contributed by atoms with Crippen molar-refractivity contribution in [2.45, 2.75) is 38.8 Å². The summed E-state index contributed by atoms with van der Waals surface area (Å²) in [7, 11) is 1.68. The standard InChI is InChI=1S/C14H21ClN2O/c1-8-7-11(18-3)12(9(2)13(8)15)14(16)10-5-4-6-17-10/h7,10,14,17H,4-6,16H2,1-3H3. The Bertz CT molecular complexity index is 442. The minimum atomic E-state index is -0.0689. The fourth-order valence-corrected chi connectivity index (χ4v) is 2.90. The third-order valence-electron chi connectivity index (χ3n) is 3.78. The van der Waals surface area contributed by atoms with Gasteiger partial charge in [0, 0.05) is 22.7 Å². The number of rotatable bonds is 3. The van der Waals surface area contributed by atoms with Gasteiger partial charge in [-0.25, -0.2) is 0 Å². The lowest BCUT2D eigenvalue weighted by Crippen LogP contribution is -2.34. The Morgan fingerprint density at radius 2 is 2.22 bits per heavy atom. The molecule has 1 fully saturated rings. The van der Waals surface area contributed by atoms with E-state index in [2.05, 4.69) is 5.32 Å². The Balaban J connectivity index is 2.44. The number of nitrogens with one attached hydrogen (secondary N) is 1. The average molecular weight is 269 g/mol. The van der Waals surface area contributed by atoms with Crippen LogP contribution < -0.4 is 15.8 Å². The fraction of sp³-hybridized carbons (Fsp3) is 0.571. The highest BCUT2D eigenvalue weighted by atomic mass is 35.5. The molecule has 3 nitrogen and oxygen atoms in total. The molecule has 4 heteroatoms. The second-order valence-corrected chi connectivity index (χ2v) is 5.35. The first-order chi connectivity index (χ1) is 8.56. The van der Waals surface area contributed by atoms with Crippen LogP contribution in [-0.2, 0) is 0 Å². The predicted molar refractivity (Wildman–Crippen MR) is 75.4 cm³/mol. The third kappa shape index (κ3) is 2.35. The second-order valence-electron chi connectivity index (χ2n) is 4.98. The van der Waals surface area contributed by atoms with Gasteiger partial charge in [-0.2, -0.15) is 0 Å². The minimum Gasteiger partial charge on any atom is -0.496 e. The van der Waals surface area contributed by atoms with Crippen molar-refractivity contribution in [1.82, 2.24) is 5.32 Å². The smallest absolute Gasteiger partial charge is 0.124 e. The quantitative estimate of drug-likeness (QED) is 0.886. The summed E-state index contributed by atoms with van der Waals surface area (Å²) in [5.74, 6) is 0.843.